The maximum Gasteiger partial charge on any atom is 0.180 e. The molecule has 14 heavy (non-hydrogen) atoms. The highest BCUT2D eigenvalue weighted by Gasteiger charge is 2.25. The quantitative estimate of drug-likeness (QED) is 0.720. The lowest BCUT2D eigenvalue weighted by Crippen LogP contribution is -1.94. The van der Waals surface area contributed by atoms with Gasteiger partial charge in [0.05, 0.1) is 20.4 Å². The summed E-state index contributed by atoms with van der Waals surface area (Å²) in [6, 6.07) is 3.89. The lowest BCUT2D eigenvalue weighted by atomic mass is 10.1. The molecule has 0 aliphatic carbocycles. The molecule has 4 heteroatoms. The zero-order valence-corrected chi connectivity index (χ0v) is 9.89. The van der Waals surface area contributed by atoms with E-state index in [1.54, 1.807) is 0 Å². The Balaban J connectivity index is 2.48. The van der Waals surface area contributed by atoms with Crippen LogP contribution in [-0.2, 0) is 0 Å². The Morgan fingerprint density at radius 1 is 1.57 bits per heavy atom. The van der Waals surface area contributed by atoms with Gasteiger partial charge in [-0.05, 0) is 13.0 Å². The summed E-state index contributed by atoms with van der Waals surface area (Å²) in [5, 5.41) is 0.629. The summed E-state index contributed by atoms with van der Waals surface area (Å²) >= 11 is 6.03. The SMILES string of the molecule is CCOc1c(Cl)ccc2c1OPC2C. The van der Waals surface area contributed by atoms with E-state index in [-0.39, 0.29) is 0 Å². The van der Waals surface area contributed by atoms with Crippen LogP contribution in [0.5, 0.6) is 11.5 Å². The van der Waals surface area contributed by atoms with Crippen molar-refractivity contribution in [2.75, 3.05) is 6.61 Å². The molecule has 1 aliphatic heterocycles. The van der Waals surface area contributed by atoms with Crippen LogP contribution in [-0.4, -0.2) is 6.61 Å². The molecule has 0 amide bonds. The molecular formula is C10H12ClO2P. The Hall–Kier alpha value is -0.460. The highest BCUT2D eigenvalue weighted by atomic mass is 35.5. The molecule has 1 aromatic carbocycles. The predicted molar refractivity (Wildman–Crippen MR) is 60.0 cm³/mol. The van der Waals surface area contributed by atoms with Crippen molar-refractivity contribution in [1.29, 1.82) is 0 Å². The van der Waals surface area contributed by atoms with Crippen molar-refractivity contribution >= 4 is 20.4 Å². The fourth-order valence-electron chi connectivity index (χ4n) is 1.49. The van der Waals surface area contributed by atoms with Gasteiger partial charge in [-0.3, -0.25) is 0 Å². The fourth-order valence-corrected chi connectivity index (χ4v) is 2.55. The molecule has 2 atom stereocenters. The molecule has 1 heterocycles. The van der Waals surface area contributed by atoms with Crippen LogP contribution in [0.3, 0.4) is 0 Å². The second-order valence-electron chi connectivity index (χ2n) is 3.17. The average molecular weight is 231 g/mol. The number of halogens is 1. The van der Waals surface area contributed by atoms with E-state index in [2.05, 4.69) is 6.92 Å². The van der Waals surface area contributed by atoms with Crippen molar-refractivity contribution in [1.82, 2.24) is 0 Å². The van der Waals surface area contributed by atoms with Crippen LogP contribution in [0.15, 0.2) is 12.1 Å². The molecule has 0 spiro atoms. The van der Waals surface area contributed by atoms with Gasteiger partial charge in [0.1, 0.15) is 0 Å². The van der Waals surface area contributed by atoms with E-state index in [0.717, 1.165) is 5.75 Å². The van der Waals surface area contributed by atoms with Gasteiger partial charge in [-0.2, -0.15) is 0 Å². The van der Waals surface area contributed by atoms with Crippen LogP contribution in [0, 0.1) is 0 Å². The van der Waals surface area contributed by atoms with Crippen LogP contribution >= 0.6 is 20.4 Å². The van der Waals surface area contributed by atoms with Crippen molar-refractivity contribution in [2.24, 2.45) is 0 Å². The first-order valence-electron chi connectivity index (χ1n) is 4.61. The molecule has 2 nitrogen and oxygen atoms in total. The Morgan fingerprint density at radius 2 is 2.36 bits per heavy atom. The third kappa shape index (κ3) is 1.57. The summed E-state index contributed by atoms with van der Waals surface area (Å²) in [4.78, 5) is 0. The summed E-state index contributed by atoms with van der Waals surface area (Å²) < 4.78 is 11.1. The minimum absolute atomic E-state index is 0.460. The highest BCUT2D eigenvalue weighted by Crippen LogP contribution is 2.54. The third-order valence-electron chi connectivity index (χ3n) is 2.19. The number of ether oxygens (including phenoxy) is 1. The van der Waals surface area contributed by atoms with Gasteiger partial charge in [-0.1, -0.05) is 24.6 Å². The number of rotatable bonds is 2. The zero-order chi connectivity index (χ0) is 10.1. The number of benzene rings is 1. The standard InChI is InChI=1S/C10H12ClO2P/c1-3-12-10-8(11)5-4-7-6(2)14-13-9(7)10/h4-6,14H,3H2,1-2H3. The van der Waals surface area contributed by atoms with E-state index in [0.29, 0.717) is 31.8 Å². The molecule has 0 N–H and O–H groups in total. The van der Waals surface area contributed by atoms with Crippen molar-refractivity contribution in [3.05, 3.63) is 22.7 Å². The molecule has 0 aromatic heterocycles. The van der Waals surface area contributed by atoms with Crippen LogP contribution in [0.4, 0.5) is 0 Å². The van der Waals surface area contributed by atoms with E-state index >= 15 is 0 Å². The monoisotopic (exact) mass is 230 g/mol. The summed E-state index contributed by atoms with van der Waals surface area (Å²) in [6.45, 7) is 4.70. The van der Waals surface area contributed by atoms with Gasteiger partial charge in [0, 0.05) is 11.2 Å². The molecule has 1 aromatic rings. The smallest absolute Gasteiger partial charge is 0.180 e. The Kier molecular flexibility index (Phi) is 2.85. The van der Waals surface area contributed by atoms with Gasteiger partial charge in [0.2, 0.25) is 0 Å². The summed E-state index contributed by atoms with van der Waals surface area (Å²) in [6.07, 6.45) is 0. The van der Waals surface area contributed by atoms with E-state index < -0.39 is 0 Å². The molecule has 0 bridgehead atoms. The highest BCUT2D eigenvalue weighted by molar-refractivity contribution is 7.33. The molecule has 0 saturated carbocycles. The first-order valence-corrected chi connectivity index (χ1v) is 5.98. The third-order valence-corrected chi connectivity index (χ3v) is 3.47. The van der Waals surface area contributed by atoms with Gasteiger partial charge >= 0.3 is 0 Å². The summed E-state index contributed by atoms with van der Waals surface area (Å²) in [5.41, 5.74) is 1.66. The predicted octanol–water partition coefficient (Wildman–Crippen LogP) is 3.79. The number of hydrogen-bond acceptors (Lipinski definition) is 2. The van der Waals surface area contributed by atoms with E-state index in [1.807, 2.05) is 19.1 Å². The molecule has 2 rings (SSSR count). The first-order chi connectivity index (χ1) is 6.74. The van der Waals surface area contributed by atoms with Crippen molar-refractivity contribution in [3.63, 3.8) is 0 Å². The Bertz CT molecular complexity index is 354. The topological polar surface area (TPSA) is 18.5 Å². The lowest BCUT2D eigenvalue weighted by Gasteiger charge is -2.09. The maximum atomic E-state index is 6.03. The van der Waals surface area contributed by atoms with Crippen LogP contribution in [0.2, 0.25) is 5.02 Å². The van der Waals surface area contributed by atoms with Crippen LogP contribution < -0.4 is 9.26 Å². The van der Waals surface area contributed by atoms with Crippen molar-refractivity contribution in [2.45, 2.75) is 19.5 Å². The van der Waals surface area contributed by atoms with Gasteiger partial charge in [-0.25, -0.2) is 0 Å². The van der Waals surface area contributed by atoms with Gasteiger partial charge in [0.15, 0.2) is 11.5 Å². The zero-order valence-electron chi connectivity index (χ0n) is 8.13. The van der Waals surface area contributed by atoms with E-state index in [9.17, 15) is 0 Å². The Morgan fingerprint density at radius 3 is 3.07 bits per heavy atom. The minimum atomic E-state index is 0.460. The fraction of sp³-hybridized carbons (Fsp3) is 0.400. The summed E-state index contributed by atoms with van der Waals surface area (Å²) in [7, 11) is 0.479. The number of hydrogen-bond donors (Lipinski definition) is 0. The largest absolute Gasteiger partial charge is 0.488 e. The van der Waals surface area contributed by atoms with Crippen LogP contribution in [0.1, 0.15) is 25.1 Å². The Labute approximate surface area is 90.4 Å². The molecular weight excluding hydrogens is 219 g/mol. The molecule has 76 valence electrons. The molecule has 0 saturated heterocycles. The molecule has 0 fully saturated rings. The second kappa shape index (κ2) is 3.96. The molecule has 1 aliphatic rings. The van der Waals surface area contributed by atoms with E-state index in [4.69, 9.17) is 20.9 Å². The molecule has 0 radical (unpaired) electrons. The lowest BCUT2D eigenvalue weighted by molar-refractivity contribution is 0.331. The maximum absolute atomic E-state index is 6.03. The molecule has 2 unspecified atom stereocenters. The van der Waals surface area contributed by atoms with Gasteiger partial charge in [-0.15, -0.1) is 0 Å². The first kappa shape index (κ1) is 10.1. The van der Waals surface area contributed by atoms with Crippen molar-refractivity contribution in [3.8, 4) is 11.5 Å². The van der Waals surface area contributed by atoms with Crippen LogP contribution in [0.25, 0.3) is 0 Å². The second-order valence-corrected chi connectivity index (χ2v) is 4.88. The average Bonchev–Trinajstić information content (AvgIpc) is 2.53. The van der Waals surface area contributed by atoms with Gasteiger partial charge in [0.25, 0.3) is 0 Å². The van der Waals surface area contributed by atoms with E-state index in [1.165, 1.54) is 5.56 Å². The van der Waals surface area contributed by atoms with Gasteiger partial charge < -0.3 is 9.26 Å². The number of fused-ring (bicyclic) bond motifs is 1. The van der Waals surface area contributed by atoms with Crippen molar-refractivity contribution < 1.29 is 9.26 Å². The minimum Gasteiger partial charge on any atom is -0.488 e. The summed E-state index contributed by atoms with van der Waals surface area (Å²) in [5.74, 6) is 1.54. The normalized spacial score (nSPS) is 20.6.